The topological polar surface area (TPSA) is 17.3 Å². The Kier molecular flexibility index (Phi) is 2.69. The van der Waals surface area contributed by atoms with Gasteiger partial charge in [-0.05, 0) is 24.3 Å². The minimum Gasteiger partial charge on any atom is -0.309 e. The summed E-state index contributed by atoms with van der Waals surface area (Å²) in [5.74, 6) is 0. The van der Waals surface area contributed by atoms with E-state index in [4.69, 9.17) is 4.99 Å². The molecule has 0 saturated heterocycles. The van der Waals surface area contributed by atoms with Gasteiger partial charge in [0.05, 0.1) is 22.4 Å². The maximum atomic E-state index is 5.04. The molecule has 2 nitrogen and oxygen atoms in total. The monoisotopic (exact) mass is 332 g/mol. The van der Waals surface area contributed by atoms with Crippen molar-refractivity contribution in [2.24, 2.45) is 4.99 Å². The molecule has 2 aliphatic rings. The summed E-state index contributed by atoms with van der Waals surface area (Å²) in [4.78, 5) is 5.04. The number of fused-ring (bicyclic) bond motifs is 7. The fraction of sp³-hybridized carbons (Fsp3) is 0.0417. The van der Waals surface area contributed by atoms with Crippen LogP contribution in [0.4, 0.5) is 5.69 Å². The molecule has 0 spiro atoms. The molecule has 2 heteroatoms. The van der Waals surface area contributed by atoms with E-state index in [0.717, 1.165) is 12.1 Å². The second kappa shape index (κ2) is 5.06. The Morgan fingerprint density at radius 2 is 1.65 bits per heavy atom. The second-order valence-corrected chi connectivity index (χ2v) is 6.82. The Hall–Kier alpha value is -3.39. The van der Waals surface area contributed by atoms with Gasteiger partial charge in [0.1, 0.15) is 0 Å². The largest absolute Gasteiger partial charge is 0.309 e. The average Bonchev–Trinajstić information content (AvgIpc) is 3.24. The van der Waals surface area contributed by atoms with E-state index in [0.29, 0.717) is 0 Å². The zero-order valence-electron chi connectivity index (χ0n) is 14.2. The quantitative estimate of drug-likeness (QED) is 0.394. The molecule has 0 fully saturated rings. The zero-order valence-corrected chi connectivity index (χ0v) is 14.2. The molecule has 1 aliphatic heterocycles. The summed E-state index contributed by atoms with van der Waals surface area (Å²) in [5.41, 5.74) is 8.47. The summed E-state index contributed by atoms with van der Waals surface area (Å²) in [7, 11) is 0. The number of nitrogens with zero attached hydrogens (tertiary/aromatic N) is 2. The number of rotatable bonds is 1. The molecule has 0 N–H and O–H groups in total. The van der Waals surface area contributed by atoms with Gasteiger partial charge in [0.15, 0.2) is 0 Å². The lowest BCUT2D eigenvalue weighted by atomic mass is 9.96. The fourth-order valence-electron chi connectivity index (χ4n) is 4.27. The molecule has 0 saturated carbocycles. The van der Waals surface area contributed by atoms with Crippen molar-refractivity contribution >= 4 is 38.8 Å². The van der Waals surface area contributed by atoms with Crippen LogP contribution in [0.15, 0.2) is 90.0 Å². The third-order valence-corrected chi connectivity index (χ3v) is 5.38. The van der Waals surface area contributed by atoms with Gasteiger partial charge in [-0.3, -0.25) is 4.99 Å². The maximum Gasteiger partial charge on any atom is 0.0812 e. The first-order valence-corrected chi connectivity index (χ1v) is 8.98. The summed E-state index contributed by atoms with van der Waals surface area (Å²) in [6, 6.07) is 23.7. The lowest BCUT2D eigenvalue weighted by Crippen LogP contribution is -1.97. The Morgan fingerprint density at radius 1 is 0.808 bits per heavy atom. The number of benzene rings is 3. The Labute approximate surface area is 151 Å². The lowest BCUT2D eigenvalue weighted by molar-refractivity contribution is 1.18. The lowest BCUT2D eigenvalue weighted by Gasteiger charge is -2.08. The molecule has 3 aromatic carbocycles. The first kappa shape index (κ1) is 13.9. The van der Waals surface area contributed by atoms with Gasteiger partial charge < -0.3 is 4.57 Å². The highest BCUT2D eigenvalue weighted by Gasteiger charge is 2.25. The van der Waals surface area contributed by atoms with Crippen LogP contribution in [0.5, 0.6) is 0 Å². The van der Waals surface area contributed by atoms with E-state index in [9.17, 15) is 0 Å². The van der Waals surface area contributed by atoms with Crippen molar-refractivity contribution in [2.45, 2.75) is 6.42 Å². The molecule has 0 bridgehead atoms. The number of aliphatic imine (C=N–C) groups is 1. The van der Waals surface area contributed by atoms with Gasteiger partial charge in [-0.15, -0.1) is 0 Å². The van der Waals surface area contributed by atoms with E-state index in [1.165, 1.54) is 44.3 Å². The molecule has 1 aromatic heterocycles. The van der Waals surface area contributed by atoms with Crippen molar-refractivity contribution in [3.8, 4) is 5.69 Å². The molecule has 0 unspecified atom stereocenters. The smallest absolute Gasteiger partial charge is 0.0812 e. The van der Waals surface area contributed by atoms with Gasteiger partial charge in [-0.1, -0.05) is 60.7 Å². The molecule has 0 atom stereocenters. The van der Waals surface area contributed by atoms with Gasteiger partial charge in [-0.25, -0.2) is 0 Å². The van der Waals surface area contributed by atoms with Crippen molar-refractivity contribution in [3.63, 3.8) is 0 Å². The number of para-hydroxylation sites is 2. The van der Waals surface area contributed by atoms with E-state index >= 15 is 0 Å². The highest BCUT2D eigenvalue weighted by atomic mass is 15.0. The van der Waals surface area contributed by atoms with Crippen molar-refractivity contribution in [3.05, 3.63) is 90.5 Å². The Morgan fingerprint density at radius 3 is 2.58 bits per heavy atom. The minimum atomic E-state index is 0.916. The highest BCUT2D eigenvalue weighted by Crippen LogP contribution is 2.46. The third kappa shape index (κ3) is 1.73. The third-order valence-electron chi connectivity index (χ3n) is 5.38. The molecule has 4 aromatic rings. The molecular formula is C24H16N2. The number of hydrogen-bond acceptors (Lipinski definition) is 1. The fourth-order valence-corrected chi connectivity index (χ4v) is 4.27. The number of allylic oxidation sites excluding steroid dienone is 4. The Balaban J connectivity index is 1.79. The summed E-state index contributed by atoms with van der Waals surface area (Å²) < 4.78 is 2.35. The van der Waals surface area contributed by atoms with Crippen LogP contribution in [-0.2, 0) is 0 Å². The van der Waals surface area contributed by atoms with Crippen molar-refractivity contribution in [1.82, 2.24) is 4.57 Å². The molecular weight excluding hydrogens is 316 g/mol. The minimum absolute atomic E-state index is 0.916. The van der Waals surface area contributed by atoms with Crippen LogP contribution in [0.3, 0.4) is 0 Å². The molecule has 0 amide bonds. The van der Waals surface area contributed by atoms with Gasteiger partial charge in [0, 0.05) is 34.0 Å². The Bertz CT molecular complexity index is 1280. The molecule has 122 valence electrons. The summed E-state index contributed by atoms with van der Waals surface area (Å²) >= 11 is 0. The van der Waals surface area contributed by atoms with E-state index in [2.05, 4.69) is 89.5 Å². The average molecular weight is 332 g/mol. The van der Waals surface area contributed by atoms with Gasteiger partial charge in [0.25, 0.3) is 0 Å². The summed E-state index contributed by atoms with van der Waals surface area (Å²) in [6.45, 7) is 0. The molecule has 6 rings (SSSR count). The maximum absolute atomic E-state index is 5.04. The SMILES string of the molecule is C1=CCC2=Nc3c(ccc4c3c3ccccc3n4-c3ccccc3)C2=C1. The number of hydrogen-bond donors (Lipinski definition) is 0. The zero-order chi connectivity index (χ0) is 17.1. The summed E-state index contributed by atoms with van der Waals surface area (Å²) in [6.07, 6.45) is 7.43. The van der Waals surface area contributed by atoms with E-state index in [-0.39, 0.29) is 0 Å². The number of aromatic nitrogens is 1. The van der Waals surface area contributed by atoms with Crippen LogP contribution in [0, 0.1) is 0 Å². The first-order valence-electron chi connectivity index (χ1n) is 8.98. The van der Waals surface area contributed by atoms with E-state index in [1.54, 1.807) is 0 Å². The van der Waals surface area contributed by atoms with Crippen LogP contribution in [0.1, 0.15) is 12.0 Å². The first-order chi connectivity index (χ1) is 12.9. The van der Waals surface area contributed by atoms with Crippen molar-refractivity contribution in [1.29, 1.82) is 0 Å². The van der Waals surface area contributed by atoms with Crippen LogP contribution in [-0.4, -0.2) is 10.3 Å². The van der Waals surface area contributed by atoms with E-state index < -0.39 is 0 Å². The standard InChI is InChI=1S/C24H16N2/c1-2-8-16(9-3-1)26-21-13-7-5-11-19(21)23-22(26)15-14-18-17-10-4-6-12-20(17)25-24(18)23/h1-11,13-15H,12H2. The van der Waals surface area contributed by atoms with Crippen molar-refractivity contribution < 1.29 is 0 Å². The van der Waals surface area contributed by atoms with E-state index in [1.807, 2.05) is 0 Å². The molecule has 1 aliphatic carbocycles. The predicted octanol–water partition coefficient (Wildman–Crippen LogP) is 6.21. The normalized spacial score (nSPS) is 15.1. The van der Waals surface area contributed by atoms with Gasteiger partial charge >= 0.3 is 0 Å². The predicted molar refractivity (Wildman–Crippen MR) is 110 cm³/mol. The van der Waals surface area contributed by atoms with Crippen LogP contribution in [0.2, 0.25) is 0 Å². The van der Waals surface area contributed by atoms with Crippen LogP contribution < -0.4 is 0 Å². The molecule has 2 heterocycles. The highest BCUT2D eigenvalue weighted by molar-refractivity contribution is 6.33. The second-order valence-electron chi connectivity index (χ2n) is 6.82. The molecule has 0 radical (unpaired) electrons. The van der Waals surface area contributed by atoms with Crippen molar-refractivity contribution in [2.75, 3.05) is 0 Å². The van der Waals surface area contributed by atoms with Crippen LogP contribution >= 0.6 is 0 Å². The molecule has 26 heavy (non-hydrogen) atoms. The van der Waals surface area contributed by atoms with Gasteiger partial charge in [-0.2, -0.15) is 0 Å². The van der Waals surface area contributed by atoms with Crippen LogP contribution in [0.25, 0.3) is 33.1 Å². The summed E-state index contributed by atoms with van der Waals surface area (Å²) in [5, 5.41) is 2.52. The van der Waals surface area contributed by atoms with Gasteiger partial charge in [0.2, 0.25) is 0 Å².